The molecular weight excluding hydrogens is 249 g/mol. The summed E-state index contributed by atoms with van der Waals surface area (Å²) in [6, 6.07) is 3.00. The van der Waals surface area contributed by atoms with Crippen molar-refractivity contribution in [3.05, 3.63) is 40.8 Å². The maximum absolute atomic E-state index is 12.4. The standard InChI is InChI=1S/C13H12FN3O2/c14-5-8-2-1-7(6-15-8)9-3-4-10-11(9)16-13(19)17-12(10)18/h1-2,6,9H,3-5H2,(H2,16,17,18,19). The highest BCUT2D eigenvalue weighted by Crippen LogP contribution is 2.40. The molecule has 3 rings (SSSR count). The number of rotatable bonds is 2. The van der Waals surface area contributed by atoms with Crippen LogP contribution in [0.5, 0.6) is 11.9 Å². The summed E-state index contributed by atoms with van der Waals surface area (Å²) in [7, 11) is 0. The van der Waals surface area contributed by atoms with Crippen LogP contribution in [0.2, 0.25) is 0 Å². The van der Waals surface area contributed by atoms with Gasteiger partial charge < -0.3 is 10.2 Å². The predicted molar refractivity (Wildman–Crippen MR) is 64.6 cm³/mol. The van der Waals surface area contributed by atoms with Crippen LogP contribution in [0.15, 0.2) is 18.3 Å². The first kappa shape index (κ1) is 11.8. The molecule has 98 valence electrons. The highest BCUT2D eigenvalue weighted by atomic mass is 19.1. The maximum Gasteiger partial charge on any atom is 0.317 e. The summed E-state index contributed by atoms with van der Waals surface area (Å²) in [4.78, 5) is 11.5. The fraction of sp³-hybridized carbons (Fsp3) is 0.308. The first-order chi connectivity index (χ1) is 9.19. The monoisotopic (exact) mass is 261 g/mol. The average molecular weight is 261 g/mol. The molecule has 0 amide bonds. The number of aromatic hydroxyl groups is 2. The van der Waals surface area contributed by atoms with E-state index in [2.05, 4.69) is 15.0 Å². The molecule has 2 aromatic heterocycles. The Morgan fingerprint density at radius 1 is 1.26 bits per heavy atom. The van der Waals surface area contributed by atoms with Gasteiger partial charge >= 0.3 is 6.01 Å². The van der Waals surface area contributed by atoms with Crippen LogP contribution in [0.4, 0.5) is 4.39 Å². The zero-order chi connectivity index (χ0) is 13.4. The molecule has 0 aliphatic heterocycles. The Morgan fingerprint density at radius 2 is 2.11 bits per heavy atom. The Kier molecular flexibility index (Phi) is 2.77. The van der Waals surface area contributed by atoms with Crippen molar-refractivity contribution in [2.75, 3.05) is 0 Å². The zero-order valence-corrected chi connectivity index (χ0v) is 10.0. The van der Waals surface area contributed by atoms with Crippen LogP contribution in [0.25, 0.3) is 0 Å². The van der Waals surface area contributed by atoms with Crippen molar-refractivity contribution in [2.45, 2.75) is 25.4 Å². The maximum atomic E-state index is 12.4. The van der Waals surface area contributed by atoms with E-state index in [0.717, 1.165) is 12.0 Å². The van der Waals surface area contributed by atoms with Crippen molar-refractivity contribution in [2.24, 2.45) is 0 Å². The lowest BCUT2D eigenvalue weighted by Crippen LogP contribution is -2.01. The molecule has 1 aliphatic carbocycles. The summed E-state index contributed by atoms with van der Waals surface area (Å²) in [5.41, 5.74) is 2.57. The third-order valence-corrected chi connectivity index (χ3v) is 3.41. The summed E-state index contributed by atoms with van der Waals surface area (Å²) in [5, 5.41) is 19.1. The third-order valence-electron chi connectivity index (χ3n) is 3.41. The van der Waals surface area contributed by atoms with Gasteiger partial charge in [-0.2, -0.15) is 9.97 Å². The molecule has 0 radical (unpaired) electrons. The van der Waals surface area contributed by atoms with E-state index in [-0.39, 0.29) is 11.8 Å². The number of alkyl halides is 1. The summed E-state index contributed by atoms with van der Waals surface area (Å²) >= 11 is 0. The molecule has 0 bridgehead atoms. The molecular formula is C13H12FN3O2. The van der Waals surface area contributed by atoms with E-state index >= 15 is 0 Å². The van der Waals surface area contributed by atoms with Gasteiger partial charge in [0.2, 0.25) is 5.88 Å². The van der Waals surface area contributed by atoms with Crippen molar-refractivity contribution in [3.8, 4) is 11.9 Å². The molecule has 6 heteroatoms. The molecule has 1 aliphatic rings. The molecule has 0 fully saturated rings. The number of halogens is 1. The molecule has 1 unspecified atom stereocenters. The molecule has 2 N–H and O–H groups in total. The van der Waals surface area contributed by atoms with Gasteiger partial charge in [-0.15, -0.1) is 0 Å². The fourth-order valence-electron chi connectivity index (χ4n) is 2.48. The molecule has 5 nitrogen and oxygen atoms in total. The second-order valence-corrected chi connectivity index (χ2v) is 4.52. The summed E-state index contributed by atoms with van der Waals surface area (Å²) in [5.74, 6) is -0.214. The SMILES string of the molecule is Oc1nc(O)c2c(n1)C(c1ccc(CF)nc1)CC2. The summed E-state index contributed by atoms with van der Waals surface area (Å²) in [6.07, 6.45) is 3.03. The molecule has 2 aromatic rings. The lowest BCUT2D eigenvalue weighted by molar-refractivity contribution is 0.392. The Morgan fingerprint density at radius 3 is 2.79 bits per heavy atom. The predicted octanol–water partition coefficient (Wildman–Crippen LogP) is 1.83. The lowest BCUT2D eigenvalue weighted by atomic mass is 9.98. The van der Waals surface area contributed by atoms with Crippen LogP contribution in [0.1, 0.15) is 34.9 Å². The van der Waals surface area contributed by atoms with Crippen molar-refractivity contribution in [1.29, 1.82) is 0 Å². The van der Waals surface area contributed by atoms with E-state index in [1.807, 2.05) is 0 Å². The van der Waals surface area contributed by atoms with Crippen molar-refractivity contribution < 1.29 is 14.6 Å². The van der Waals surface area contributed by atoms with Crippen molar-refractivity contribution in [1.82, 2.24) is 15.0 Å². The van der Waals surface area contributed by atoms with Crippen LogP contribution < -0.4 is 0 Å². The smallest absolute Gasteiger partial charge is 0.317 e. The number of hydrogen-bond acceptors (Lipinski definition) is 5. The molecule has 19 heavy (non-hydrogen) atoms. The van der Waals surface area contributed by atoms with Gasteiger partial charge in [-0.3, -0.25) is 4.98 Å². The van der Waals surface area contributed by atoms with Gasteiger partial charge in [-0.25, -0.2) is 4.39 Å². The van der Waals surface area contributed by atoms with Gasteiger partial charge in [-0.1, -0.05) is 6.07 Å². The molecule has 0 aromatic carbocycles. The quantitative estimate of drug-likeness (QED) is 0.862. The molecule has 0 spiro atoms. The van der Waals surface area contributed by atoms with E-state index < -0.39 is 12.7 Å². The number of fused-ring (bicyclic) bond motifs is 1. The minimum Gasteiger partial charge on any atom is -0.493 e. The second-order valence-electron chi connectivity index (χ2n) is 4.52. The Balaban J connectivity index is 2.01. The third kappa shape index (κ3) is 1.99. The molecule has 1 atom stereocenters. The van der Waals surface area contributed by atoms with E-state index in [1.165, 1.54) is 0 Å². The van der Waals surface area contributed by atoms with Gasteiger partial charge in [0, 0.05) is 17.7 Å². The fourth-order valence-corrected chi connectivity index (χ4v) is 2.48. The van der Waals surface area contributed by atoms with Gasteiger partial charge in [0.05, 0.1) is 11.4 Å². The Labute approximate surface area is 108 Å². The number of pyridine rings is 1. The van der Waals surface area contributed by atoms with Crippen molar-refractivity contribution in [3.63, 3.8) is 0 Å². The minimum absolute atomic E-state index is 0.0454. The van der Waals surface area contributed by atoms with Gasteiger partial charge in [0.15, 0.2) is 0 Å². The van der Waals surface area contributed by atoms with E-state index in [1.54, 1.807) is 18.3 Å². The first-order valence-electron chi connectivity index (χ1n) is 5.98. The number of aromatic nitrogens is 3. The van der Waals surface area contributed by atoms with Crippen LogP contribution in [-0.2, 0) is 13.1 Å². The Bertz CT molecular complexity index is 616. The molecule has 0 saturated heterocycles. The van der Waals surface area contributed by atoms with Crippen LogP contribution in [0, 0.1) is 0 Å². The highest BCUT2D eigenvalue weighted by molar-refractivity contribution is 5.42. The largest absolute Gasteiger partial charge is 0.493 e. The topological polar surface area (TPSA) is 79.1 Å². The number of nitrogens with zero attached hydrogens (tertiary/aromatic N) is 3. The van der Waals surface area contributed by atoms with Crippen LogP contribution in [-0.4, -0.2) is 25.2 Å². The summed E-state index contributed by atoms with van der Waals surface area (Å²) < 4.78 is 12.4. The molecule has 2 heterocycles. The minimum atomic E-state index is -0.592. The van der Waals surface area contributed by atoms with E-state index in [0.29, 0.717) is 23.4 Å². The Hall–Kier alpha value is -2.24. The van der Waals surface area contributed by atoms with Gasteiger partial charge in [0.25, 0.3) is 0 Å². The first-order valence-corrected chi connectivity index (χ1v) is 5.98. The van der Waals surface area contributed by atoms with Crippen molar-refractivity contribution >= 4 is 0 Å². The molecule has 0 saturated carbocycles. The number of hydrogen-bond donors (Lipinski definition) is 2. The zero-order valence-electron chi connectivity index (χ0n) is 10.0. The van der Waals surface area contributed by atoms with Crippen LogP contribution in [0.3, 0.4) is 0 Å². The summed E-state index contributed by atoms with van der Waals surface area (Å²) in [6.45, 7) is -0.592. The highest BCUT2D eigenvalue weighted by Gasteiger charge is 2.29. The van der Waals surface area contributed by atoms with Gasteiger partial charge in [0.1, 0.15) is 6.67 Å². The normalized spacial score (nSPS) is 17.4. The van der Waals surface area contributed by atoms with E-state index in [9.17, 15) is 14.6 Å². The van der Waals surface area contributed by atoms with Crippen LogP contribution >= 0.6 is 0 Å². The average Bonchev–Trinajstić information content (AvgIpc) is 2.83. The van der Waals surface area contributed by atoms with E-state index in [4.69, 9.17) is 0 Å². The van der Waals surface area contributed by atoms with Gasteiger partial charge in [-0.05, 0) is 24.5 Å². The second kappa shape index (κ2) is 4.46. The lowest BCUT2D eigenvalue weighted by Gasteiger charge is -2.11.